The van der Waals surface area contributed by atoms with E-state index in [0.29, 0.717) is 5.16 Å². The first-order chi connectivity index (χ1) is 11.9. The summed E-state index contributed by atoms with van der Waals surface area (Å²) in [6, 6.07) is 20.1. The minimum absolute atomic E-state index is 0.714. The van der Waals surface area contributed by atoms with Crippen molar-refractivity contribution in [2.24, 2.45) is 5.10 Å². The second-order valence-corrected chi connectivity index (χ2v) is 6.36. The third-order valence-corrected chi connectivity index (χ3v) is 4.82. The van der Waals surface area contributed by atoms with E-state index in [1.165, 1.54) is 11.8 Å². The van der Waals surface area contributed by atoms with Crippen LogP contribution in [0.25, 0.3) is 22.3 Å². The second kappa shape index (κ2) is 5.28. The molecule has 0 unspecified atom stereocenters. The normalized spacial score (nSPS) is 12.7. The first-order valence-corrected chi connectivity index (χ1v) is 8.33. The monoisotopic (exact) mass is 329 g/mol. The molecular formula is C18H11N5S. The number of rotatable bonds is 1. The van der Waals surface area contributed by atoms with E-state index in [2.05, 4.69) is 27.4 Å². The van der Waals surface area contributed by atoms with Gasteiger partial charge < -0.3 is 0 Å². The van der Waals surface area contributed by atoms with E-state index in [-0.39, 0.29) is 0 Å². The highest BCUT2D eigenvalue weighted by Crippen LogP contribution is 2.33. The zero-order valence-corrected chi connectivity index (χ0v) is 13.3. The summed E-state index contributed by atoms with van der Waals surface area (Å²) in [5.41, 5.74) is 2.94. The highest BCUT2D eigenvalue weighted by molar-refractivity contribution is 7.99. The largest absolute Gasteiger partial charge is 0.240 e. The standard InChI is InChI=1S/C18H11N5S/c1-2-6-12(7-3-1)16-21-22-18-23(16)19-11-14-10-13-8-4-5-9-15(13)20-17(14)24-18/h1-11H. The minimum atomic E-state index is 0.714. The van der Waals surface area contributed by atoms with E-state index in [1.807, 2.05) is 54.7 Å². The van der Waals surface area contributed by atoms with Crippen molar-refractivity contribution in [1.82, 2.24) is 19.9 Å². The van der Waals surface area contributed by atoms with Crippen LogP contribution < -0.4 is 0 Å². The predicted molar refractivity (Wildman–Crippen MR) is 94.3 cm³/mol. The maximum Gasteiger partial charge on any atom is 0.218 e. The molecule has 0 atom stereocenters. The SMILES string of the molecule is C1=Nn2c(nnc2-c2ccccc2)Sc2nc3ccccc3cc21. The molecule has 24 heavy (non-hydrogen) atoms. The quantitative estimate of drug-likeness (QED) is 0.469. The number of nitrogens with zero attached hydrogens (tertiary/aromatic N) is 5. The molecule has 0 aliphatic carbocycles. The van der Waals surface area contributed by atoms with Crippen LogP contribution in [0, 0.1) is 0 Å². The van der Waals surface area contributed by atoms with Gasteiger partial charge in [0, 0.05) is 16.5 Å². The van der Waals surface area contributed by atoms with Crippen molar-refractivity contribution in [3.63, 3.8) is 0 Å². The fourth-order valence-electron chi connectivity index (χ4n) is 2.70. The Balaban J connectivity index is 1.67. The van der Waals surface area contributed by atoms with Crippen LogP contribution in [-0.4, -0.2) is 26.1 Å². The molecule has 0 N–H and O–H groups in total. The fraction of sp³-hybridized carbons (Fsp3) is 0. The Morgan fingerprint density at radius 1 is 0.875 bits per heavy atom. The van der Waals surface area contributed by atoms with Crippen LogP contribution in [-0.2, 0) is 0 Å². The Labute approximate surface area is 142 Å². The van der Waals surface area contributed by atoms with Gasteiger partial charge in [-0.15, -0.1) is 10.2 Å². The Morgan fingerprint density at radius 2 is 1.71 bits per heavy atom. The number of pyridine rings is 1. The van der Waals surface area contributed by atoms with Gasteiger partial charge in [0.05, 0.1) is 11.7 Å². The molecule has 5 rings (SSSR count). The lowest BCUT2D eigenvalue weighted by atomic mass is 10.2. The van der Waals surface area contributed by atoms with Crippen molar-refractivity contribution in [1.29, 1.82) is 0 Å². The van der Waals surface area contributed by atoms with Crippen molar-refractivity contribution >= 4 is 28.9 Å². The summed E-state index contributed by atoms with van der Waals surface area (Å²) < 4.78 is 1.77. The van der Waals surface area contributed by atoms with Crippen LogP contribution in [0.3, 0.4) is 0 Å². The van der Waals surface area contributed by atoms with Gasteiger partial charge in [-0.3, -0.25) is 0 Å². The number of hydrogen-bond donors (Lipinski definition) is 0. The fourth-order valence-corrected chi connectivity index (χ4v) is 3.54. The molecule has 0 spiro atoms. The van der Waals surface area contributed by atoms with E-state index in [4.69, 9.17) is 4.98 Å². The Bertz CT molecular complexity index is 1090. The van der Waals surface area contributed by atoms with Crippen molar-refractivity contribution in [3.05, 3.63) is 66.2 Å². The Hall–Kier alpha value is -2.99. The molecule has 114 valence electrons. The first-order valence-electron chi connectivity index (χ1n) is 7.51. The lowest BCUT2D eigenvalue weighted by Crippen LogP contribution is -1.94. The van der Waals surface area contributed by atoms with E-state index >= 15 is 0 Å². The van der Waals surface area contributed by atoms with Crippen LogP contribution in [0.5, 0.6) is 0 Å². The predicted octanol–water partition coefficient (Wildman–Crippen LogP) is 3.84. The van der Waals surface area contributed by atoms with Gasteiger partial charge in [-0.05, 0) is 23.9 Å². The molecule has 1 aliphatic heterocycles. The van der Waals surface area contributed by atoms with Gasteiger partial charge in [0.15, 0.2) is 5.82 Å². The third kappa shape index (κ3) is 2.11. The maximum atomic E-state index is 4.75. The topological polar surface area (TPSA) is 56.0 Å². The minimum Gasteiger partial charge on any atom is -0.240 e. The van der Waals surface area contributed by atoms with E-state index in [1.54, 1.807) is 4.68 Å². The first kappa shape index (κ1) is 13.4. The van der Waals surface area contributed by atoms with Crippen molar-refractivity contribution in [3.8, 4) is 11.4 Å². The van der Waals surface area contributed by atoms with Gasteiger partial charge >= 0.3 is 0 Å². The molecular weight excluding hydrogens is 318 g/mol. The maximum absolute atomic E-state index is 4.75. The molecule has 6 heteroatoms. The van der Waals surface area contributed by atoms with Gasteiger partial charge in [-0.2, -0.15) is 9.78 Å². The van der Waals surface area contributed by atoms with Gasteiger partial charge in [0.25, 0.3) is 0 Å². The van der Waals surface area contributed by atoms with Gasteiger partial charge in [0.1, 0.15) is 5.03 Å². The van der Waals surface area contributed by atoms with Crippen LogP contribution >= 0.6 is 11.8 Å². The Kier molecular flexibility index (Phi) is 2.96. The molecule has 0 saturated carbocycles. The highest BCUT2D eigenvalue weighted by Gasteiger charge is 2.19. The average molecular weight is 329 g/mol. The number of fused-ring (bicyclic) bond motifs is 3. The van der Waals surface area contributed by atoms with Crippen molar-refractivity contribution in [2.45, 2.75) is 10.2 Å². The molecule has 0 amide bonds. The summed E-state index contributed by atoms with van der Waals surface area (Å²) in [4.78, 5) is 4.75. The van der Waals surface area contributed by atoms with Crippen LogP contribution in [0.4, 0.5) is 0 Å². The lowest BCUT2D eigenvalue weighted by molar-refractivity contribution is 0.775. The number of benzene rings is 2. The van der Waals surface area contributed by atoms with Crippen LogP contribution in [0.1, 0.15) is 5.56 Å². The number of hydrogen-bond acceptors (Lipinski definition) is 5. The molecule has 5 nitrogen and oxygen atoms in total. The van der Waals surface area contributed by atoms with Crippen LogP contribution in [0.15, 0.2) is 75.9 Å². The molecule has 4 aromatic rings. The second-order valence-electron chi connectivity index (χ2n) is 5.41. The van der Waals surface area contributed by atoms with Gasteiger partial charge in [-0.1, -0.05) is 48.5 Å². The smallest absolute Gasteiger partial charge is 0.218 e. The molecule has 0 radical (unpaired) electrons. The molecule has 1 aliphatic rings. The third-order valence-electron chi connectivity index (χ3n) is 3.86. The zero-order valence-electron chi connectivity index (χ0n) is 12.5. The van der Waals surface area contributed by atoms with Crippen molar-refractivity contribution in [2.75, 3.05) is 0 Å². The van der Waals surface area contributed by atoms with Crippen LogP contribution in [0.2, 0.25) is 0 Å². The molecule has 3 heterocycles. The molecule has 0 fully saturated rings. The van der Waals surface area contributed by atoms with Crippen molar-refractivity contribution < 1.29 is 0 Å². The average Bonchev–Trinajstić information content (AvgIpc) is 2.94. The summed E-state index contributed by atoms with van der Waals surface area (Å²) >= 11 is 1.49. The molecule has 0 saturated heterocycles. The summed E-state index contributed by atoms with van der Waals surface area (Å²) in [5.74, 6) is 0.728. The van der Waals surface area contributed by atoms with E-state index in [0.717, 1.165) is 32.9 Å². The summed E-state index contributed by atoms with van der Waals surface area (Å²) in [6.45, 7) is 0. The molecule has 0 bridgehead atoms. The van der Waals surface area contributed by atoms with Gasteiger partial charge in [0.2, 0.25) is 5.16 Å². The van der Waals surface area contributed by atoms with Gasteiger partial charge in [-0.25, -0.2) is 4.98 Å². The molecule has 2 aromatic heterocycles. The lowest BCUT2D eigenvalue weighted by Gasteiger charge is -2.03. The summed E-state index contributed by atoms with van der Waals surface area (Å²) in [5, 5.41) is 15.9. The zero-order chi connectivity index (χ0) is 15.9. The summed E-state index contributed by atoms with van der Waals surface area (Å²) in [6.07, 6.45) is 1.83. The Morgan fingerprint density at radius 3 is 2.62 bits per heavy atom. The number of aromatic nitrogens is 4. The van der Waals surface area contributed by atoms with E-state index in [9.17, 15) is 0 Å². The highest BCUT2D eigenvalue weighted by atomic mass is 32.2. The van der Waals surface area contributed by atoms with E-state index < -0.39 is 0 Å². The summed E-state index contributed by atoms with van der Waals surface area (Å²) in [7, 11) is 0. The molecule has 2 aromatic carbocycles. The number of para-hydroxylation sites is 1.